The van der Waals surface area contributed by atoms with E-state index in [0.29, 0.717) is 6.04 Å². The van der Waals surface area contributed by atoms with E-state index in [9.17, 15) is 0 Å². The molecule has 0 aliphatic heterocycles. The molecule has 0 unspecified atom stereocenters. The quantitative estimate of drug-likeness (QED) is 0.889. The highest BCUT2D eigenvalue weighted by Crippen LogP contribution is 2.30. The van der Waals surface area contributed by atoms with Crippen LogP contribution in [-0.2, 0) is 6.54 Å². The molecule has 0 saturated heterocycles. The molecule has 0 radical (unpaired) electrons. The lowest BCUT2D eigenvalue weighted by molar-refractivity contribution is 0.588. The molecule has 0 amide bonds. The van der Waals surface area contributed by atoms with Crippen LogP contribution in [0.3, 0.4) is 0 Å². The molecule has 0 atom stereocenters. The van der Waals surface area contributed by atoms with Gasteiger partial charge >= 0.3 is 0 Å². The van der Waals surface area contributed by atoms with Crippen molar-refractivity contribution in [2.45, 2.75) is 43.1 Å². The van der Waals surface area contributed by atoms with Gasteiger partial charge in [0.05, 0.1) is 0 Å². The Morgan fingerprint density at radius 2 is 1.89 bits per heavy atom. The molecule has 1 aromatic heterocycles. The van der Waals surface area contributed by atoms with E-state index in [1.807, 2.05) is 24.5 Å². The highest BCUT2D eigenvalue weighted by Gasteiger charge is 2.03. The fourth-order valence-corrected chi connectivity index (χ4v) is 2.66. The highest BCUT2D eigenvalue weighted by molar-refractivity contribution is 7.99. The minimum atomic E-state index is 0.520. The Morgan fingerprint density at radius 3 is 2.53 bits per heavy atom. The molecule has 1 aromatic carbocycles. The lowest BCUT2D eigenvalue weighted by Crippen LogP contribution is -2.21. The summed E-state index contributed by atoms with van der Waals surface area (Å²) in [5.74, 6) is 0. The maximum atomic E-state index is 4.04. The molecule has 1 N–H and O–H groups in total. The van der Waals surface area contributed by atoms with E-state index in [1.165, 1.54) is 20.9 Å². The zero-order chi connectivity index (χ0) is 13.7. The molecule has 2 nitrogen and oxygen atoms in total. The molecule has 0 aliphatic carbocycles. The summed E-state index contributed by atoms with van der Waals surface area (Å²) in [5, 5.41) is 3.44. The van der Waals surface area contributed by atoms with Crippen LogP contribution in [0.5, 0.6) is 0 Å². The molecule has 3 heteroatoms. The van der Waals surface area contributed by atoms with Gasteiger partial charge in [-0.05, 0) is 36.2 Å². The Morgan fingerprint density at radius 1 is 1.16 bits per heavy atom. The third-order valence-electron chi connectivity index (χ3n) is 2.83. The predicted octanol–water partition coefficient (Wildman–Crippen LogP) is 4.04. The minimum Gasteiger partial charge on any atom is -0.310 e. The number of benzene rings is 1. The SMILES string of the molecule is Cc1cc(CNC(C)C)ccc1Sc1ccncc1. The van der Waals surface area contributed by atoms with E-state index in [4.69, 9.17) is 0 Å². The summed E-state index contributed by atoms with van der Waals surface area (Å²) in [4.78, 5) is 6.58. The zero-order valence-corrected chi connectivity index (χ0v) is 12.5. The second-order valence-corrected chi connectivity index (χ2v) is 6.04. The van der Waals surface area contributed by atoms with Crippen molar-refractivity contribution in [3.63, 3.8) is 0 Å². The molecule has 1 heterocycles. The third kappa shape index (κ3) is 4.37. The van der Waals surface area contributed by atoms with Crippen LogP contribution < -0.4 is 5.32 Å². The van der Waals surface area contributed by atoms with Crippen LogP contribution >= 0.6 is 11.8 Å². The van der Waals surface area contributed by atoms with Gasteiger partial charge < -0.3 is 5.32 Å². The first-order valence-electron chi connectivity index (χ1n) is 6.56. The summed E-state index contributed by atoms with van der Waals surface area (Å²) in [6.45, 7) is 7.43. The lowest BCUT2D eigenvalue weighted by Gasteiger charge is -2.11. The number of hydrogen-bond acceptors (Lipinski definition) is 3. The first-order valence-corrected chi connectivity index (χ1v) is 7.37. The van der Waals surface area contributed by atoms with Crippen LogP contribution in [0.2, 0.25) is 0 Å². The summed E-state index contributed by atoms with van der Waals surface area (Å²) < 4.78 is 0. The minimum absolute atomic E-state index is 0.520. The molecule has 0 aliphatic rings. The molecule has 0 saturated carbocycles. The number of aromatic nitrogens is 1. The summed E-state index contributed by atoms with van der Waals surface area (Å²) >= 11 is 1.79. The molecular formula is C16H20N2S. The average Bonchev–Trinajstić information content (AvgIpc) is 2.40. The van der Waals surface area contributed by atoms with Crippen molar-refractivity contribution in [2.75, 3.05) is 0 Å². The van der Waals surface area contributed by atoms with E-state index >= 15 is 0 Å². The van der Waals surface area contributed by atoms with Crippen molar-refractivity contribution in [3.8, 4) is 0 Å². The number of rotatable bonds is 5. The van der Waals surface area contributed by atoms with Crippen LogP contribution in [0, 0.1) is 6.92 Å². The van der Waals surface area contributed by atoms with Crippen LogP contribution in [0.25, 0.3) is 0 Å². The monoisotopic (exact) mass is 272 g/mol. The number of nitrogens with one attached hydrogen (secondary N) is 1. The molecule has 100 valence electrons. The van der Waals surface area contributed by atoms with Crippen molar-refractivity contribution in [2.24, 2.45) is 0 Å². The van der Waals surface area contributed by atoms with Gasteiger partial charge in [0.25, 0.3) is 0 Å². The molecule has 0 spiro atoms. The van der Waals surface area contributed by atoms with Gasteiger partial charge in [0, 0.05) is 34.8 Å². The molecular weight excluding hydrogens is 252 g/mol. The number of hydrogen-bond donors (Lipinski definition) is 1. The van der Waals surface area contributed by atoms with Gasteiger partial charge in [-0.1, -0.05) is 37.7 Å². The number of aryl methyl sites for hydroxylation is 1. The molecule has 0 fully saturated rings. The predicted molar refractivity (Wildman–Crippen MR) is 81.5 cm³/mol. The van der Waals surface area contributed by atoms with Crippen LogP contribution in [-0.4, -0.2) is 11.0 Å². The Balaban J connectivity index is 2.07. The maximum Gasteiger partial charge on any atom is 0.0279 e. The van der Waals surface area contributed by atoms with Crippen LogP contribution in [0.4, 0.5) is 0 Å². The van der Waals surface area contributed by atoms with Crippen molar-refractivity contribution in [1.29, 1.82) is 0 Å². The molecule has 2 aromatic rings. The van der Waals surface area contributed by atoms with Crippen molar-refractivity contribution in [1.82, 2.24) is 10.3 Å². The zero-order valence-electron chi connectivity index (χ0n) is 11.7. The Bertz CT molecular complexity index is 524. The van der Waals surface area contributed by atoms with Gasteiger partial charge in [0.15, 0.2) is 0 Å². The van der Waals surface area contributed by atoms with E-state index < -0.39 is 0 Å². The maximum absolute atomic E-state index is 4.04. The van der Waals surface area contributed by atoms with Crippen LogP contribution in [0.1, 0.15) is 25.0 Å². The summed E-state index contributed by atoms with van der Waals surface area (Å²) in [7, 11) is 0. The fraction of sp³-hybridized carbons (Fsp3) is 0.312. The van der Waals surface area contributed by atoms with E-state index in [-0.39, 0.29) is 0 Å². The van der Waals surface area contributed by atoms with Crippen molar-refractivity contribution < 1.29 is 0 Å². The first kappa shape index (κ1) is 14.1. The smallest absolute Gasteiger partial charge is 0.0279 e. The largest absolute Gasteiger partial charge is 0.310 e. The third-order valence-corrected chi connectivity index (χ3v) is 4.02. The van der Waals surface area contributed by atoms with Gasteiger partial charge in [0.2, 0.25) is 0 Å². The molecule has 0 bridgehead atoms. The van der Waals surface area contributed by atoms with Crippen molar-refractivity contribution >= 4 is 11.8 Å². The van der Waals surface area contributed by atoms with Gasteiger partial charge in [-0.2, -0.15) is 0 Å². The second kappa shape index (κ2) is 6.73. The van der Waals surface area contributed by atoms with Crippen LogP contribution in [0.15, 0.2) is 52.5 Å². The van der Waals surface area contributed by atoms with Gasteiger partial charge in [-0.25, -0.2) is 0 Å². The van der Waals surface area contributed by atoms with E-state index in [2.05, 4.69) is 49.3 Å². The highest BCUT2D eigenvalue weighted by atomic mass is 32.2. The summed E-state index contributed by atoms with van der Waals surface area (Å²) in [6.07, 6.45) is 3.66. The number of pyridine rings is 1. The lowest BCUT2D eigenvalue weighted by atomic mass is 10.1. The number of nitrogens with zero attached hydrogens (tertiary/aromatic N) is 1. The summed E-state index contributed by atoms with van der Waals surface area (Å²) in [6, 6.07) is 11.3. The topological polar surface area (TPSA) is 24.9 Å². The Labute approximate surface area is 119 Å². The Kier molecular flexibility index (Phi) is 5.00. The first-order chi connectivity index (χ1) is 9.15. The second-order valence-electron chi connectivity index (χ2n) is 4.92. The molecule has 2 rings (SSSR count). The fourth-order valence-electron chi connectivity index (χ4n) is 1.79. The standard InChI is InChI=1S/C16H20N2S/c1-12(2)18-11-14-4-5-16(13(3)10-14)19-15-6-8-17-9-7-15/h4-10,12,18H,11H2,1-3H3. The van der Waals surface area contributed by atoms with E-state index in [1.54, 1.807) is 11.8 Å². The van der Waals surface area contributed by atoms with Gasteiger partial charge in [0.1, 0.15) is 0 Å². The normalized spacial score (nSPS) is 10.9. The summed E-state index contributed by atoms with van der Waals surface area (Å²) in [5.41, 5.74) is 2.66. The molecule has 19 heavy (non-hydrogen) atoms. The van der Waals surface area contributed by atoms with Crippen molar-refractivity contribution in [3.05, 3.63) is 53.9 Å². The average molecular weight is 272 g/mol. The Hall–Kier alpha value is -1.32. The van der Waals surface area contributed by atoms with Gasteiger partial charge in [-0.15, -0.1) is 0 Å². The van der Waals surface area contributed by atoms with Gasteiger partial charge in [-0.3, -0.25) is 4.98 Å². The van der Waals surface area contributed by atoms with E-state index in [0.717, 1.165) is 6.54 Å².